The number of pyridine rings is 1. The first kappa shape index (κ1) is 24.8. The van der Waals surface area contributed by atoms with Gasteiger partial charge in [0.15, 0.2) is 5.82 Å². The van der Waals surface area contributed by atoms with Crippen molar-refractivity contribution >= 4 is 32.7 Å². The second-order valence-electron chi connectivity index (χ2n) is 8.53. The van der Waals surface area contributed by atoms with Crippen LogP contribution in [0.4, 0.5) is 18.9 Å². The summed E-state index contributed by atoms with van der Waals surface area (Å²) in [7, 11) is -4.31. The van der Waals surface area contributed by atoms with Crippen LogP contribution in [0.5, 0.6) is 0 Å². The maximum absolute atomic E-state index is 15.4. The number of anilines is 1. The van der Waals surface area contributed by atoms with E-state index in [-0.39, 0.29) is 25.1 Å². The Balaban J connectivity index is 1.51. The van der Waals surface area contributed by atoms with E-state index in [0.29, 0.717) is 34.4 Å². The second kappa shape index (κ2) is 9.56. The van der Waals surface area contributed by atoms with Gasteiger partial charge in [0.05, 0.1) is 11.3 Å². The molecule has 1 fully saturated rings. The number of aryl methyl sites for hydroxylation is 1. The number of ketones is 1. The van der Waals surface area contributed by atoms with Crippen molar-refractivity contribution in [3.8, 4) is 11.1 Å². The standard InChI is InChI=1S/C24H21F3N6O3S/c1-2-20-28-9-14(10-29-20)13-7-16-17(11-31-24(16)30-8-13)23(34)21-18(26)3-4-19(22(21)27)32-37(35,36)33-6-5-15(25)12-33/h3-4,7-11,15,32H,2,5-6,12H2,1H3,(H,30,31)/t15-/m0/s1. The van der Waals surface area contributed by atoms with Crippen LogP contribution < -0.4 is 4.72 Å². The van der Waals surface area contributed by atoms with Gasteiger partial charge >= 0.3 is 10.2 Å². The number of aromatic nitrogens is 4. The van der Waals surface area contributed by atoms with Crippen molar-refractivity contribution < 1.29 is 26.4 Å². The third kappa shape index (κ3) is 4.67. The summed E-state index contributed by atoms with van der Waals surface area (Å²) < 4.78 is 71.5. The molecule has 0 unspecified atom stereocenters. The van der Waals surface area contributed by atoms with Gasteiger partial charge in [-0.25, -0.2) is 28.1 Å². The lowest BCUT2D eigenvalue weighted by molar-refractivity contribution is 0.103. The molecule has 1 aliphatic heterocycles. The number of hydrogen-bond acceptors (Lipinski definition) is 6. The molecule has 2 N–H and O–H groups in total. The molecule has 192 valence electrons. The zero-order valence-corrected chi connectivity index (χ0v) is 20.3. The van der Waals surface area contributed by atoms with E-state index >= 15 is 4.39 Å². The van der Waals surface area contributed by atoms with E-state index in [0.717, 1.165) is 16.4 Å². The van der Waals surface area contributed by atoms with Crippen molar-refractivity contribution in [2.24, 2.45) is 0 Å². The van der Waals surface area contributed by atoms with Crippen molar-refractivity contribution in [3.63, 3.8) is 0 Å². The van der Waals surface area contributed by atoms with Gasteiger partial charge in [0.2, 0.25) is 5.78 Å². The highest BCUT2D eigenvalue weighted by Gasteiger charge is 2.33. The van der Waals surface area contributed by atoms with Crippen LogP contribution in [-0.2, 0) is 16.6 Å². The van der Waals surface area contributed by atoms with Crippen molar-refractivity contribution in [2.45, 2.75) is 25.9 Å². The predicted octanol–water partition coefficient (Wildman–Crippen LogP) is 3.79. The molecule has 3 aromatic heterocycles. The molecule has 0 spiro atoms. The van der Waals surface area contributed by atoms with Gasteiger partial charge in [0.25, 0.3) is 0 Å². The molecule has 0 amide bonds. The van der Waals surface area contributed by atoms with Gasteiger partial charge in [-0.1, -0.05) is 6.92 Å². The molecule has 9 nitrogen and oxygen atoms in total. The normalized spacial score (nSPS) is 16.4. The molecule has 1 aliphatic rings. The number of carbonyl (C=O) groups excluding carboxylic acids is 1. The number of nitrogens with one attached hydrogen (secondary N) is 2. The fourth-order valence-corrected chi connectivity index (χ4v) is 5.39. The third-order valence-corrected chi connectivity index (χ3v) is 7.61. The lowest BCUT2D eigenvalue weighted by Crippen LogP contribution is -2.34. The number of benzene rings is 1. The van der Waals surface area contributed by atoms with E-state index in [1.54, 1.807) is 24.7 Å². The number of nitrogens with zero attached hydrogens (tertiary/aromatic N) is 4. The zero-order valence-electron chi connectivity index (χ0n) is 19.5. The smallest absolute Gasteiger partial charge is 0.301 e. The average Bonchev–Trinajstić information content (AvgIpc) is 3.52. The molecule has 13 heteroatoms. The fourth-order valence-electron chi connectivity index (χ4n) is 4.12. The van der Waals surface area contributed by atoms with E-state index < -0.39 is 45.0 Å². The van der Waals surface area contributed by atoms with Crippen molar-refractivity contribution in [2.75, 3.05) is 17.8 Å². The Labute approximate surface area is 210 Å². The molecule has 0 radical (unpaired) electrons. The number of alkyl halides is 1. The average molecular weight is 531 g/mol. The highest BCUT2D eigenvalue weighted by atomic mass is 32.2. The van der Waals surface area contributed by atoms with Gasteiger partial charge in [-0.2, -0.15) is 12.7 Å². The number of hydrogen-bond donors (Lipinski definition) is 2. The summed E-state index contributed by atoms with van der Waals surface area (Å²) in [6.45, 7) is 1.47. The maximum atomic E-state index is 15.4. The van der Waals surface area contributed by atoms with E-state index in [2.05, 4.69) is 19.9 Å². The Morgan fingerprint density at radius 1 is 1.16 bits per heavy atom. The summed E-state index contributed by atoms with van der Waals surface area (Å²) >= 11 is 0. The summed E-state index contributed by atoms with van der Waals surface area (Å²) in [6.07, 6.45) is 5.41. The van der Waals surface area contributed by atoms with Crippen LogP contribution in [0, 0.1) is 11.6 Å². The largest absolute Gasteiger partial charge is 0.345 e. The number of aromatic amines is 1. The molecule has 0 bridgehead atoms. The van der Waals surface area contributed by atoms with E-state index in [1.807, 2.05) is 11.6 Å². The fraction of sp³-hybridized carbons (Fsp3) is 0.250. The van der Waals surface area contributed by atoms with Crippen molar-refractivity contribution in [3.05, 3.63) is 71.6 Å². The Bertz CT molecular complexity index is 1610. The summed E-state index contributed by atoms with van der Waals surface area (Å²) in [5.74, 6) is -2.90. The summed E-state index contributed by atoms with van der Waals surface area (Å²) in [4.78, 5) is 28.9. The van der Waals surface area contributed by atoms with Gasteiger partial charge in [-0.3, -0.25) is 9.52 Å². The first-order valence-corrected chi connectivity index (χ1v) is 12.8. The first-order chi connectivity index (χ1) is 17.7. The Morgan fingerprint density at radius 3 is 2.57 bits per heavy atom. The quantitative estimate of drug-likeness (QED) is 0.351. The first-order valence-electron chi connectivity index (χ1n) is 11.4. The molecule has 0 saturated carbocycles. The van der Waals surface area contributed by atoms with Crippen LogP contribution in [0.1, 0.15) is 35.1 Å². The Hall–Kier alpha value is -3.84. The highest BCUT2D eigenvalue weighted by molar-refractivity contribution is 7.90. The lowest BCUT2D eigenvalue weighted by Gasteiger charge is -2.18. The second-order valence-corrected chi connectivity index (χ2v) is 10.2. The molecule has 0 aliphatic carbocycles. The van der Waals surface area contributed by atoms with Gasteiger partial charge in [-0.05, 0) is 24.6 Å². The van der Waals surface area contributed by atoms with Crippen LogP contribution in [-0.4, -0.2) is 57.7 Å². The zero-order chi connectivity index (χ0) is 26.3. The minimum atomic E-state index is -4.31. The molecular weight excluding hydrogens is 509 g/mol. The number of halogens is 3. The van der Waals surface area contributed by atoms with Crippen LogP contribution in [0.2, 0.25) is 0 Å². The number of fused-ring (bicyclic) bond motifs is 1. The lowest BCUT2D eigenvalue weighted by atomic mass is 10.0. The van der Waals surface area contributed by atoms with Crippen LogP contribution >= 0.6 is 0 Å². The monoisotopic (exact) mass is 530 g/mol. The molecule has 4 aromatic rings. The summed E-state index contributed by atoms with van der Waals surface area (Å²) in [5, 5.41) is 0.304. The van der Waals surface area contributed by atoms with Gasteiger partial charge < -0.3 is 4.98 Å². The molecule has 4 heterocycles. The molecule has 37 heavy (non-hydrogen) atoms. The minimum Gasteiger partial charge on any atom is -0.345 e. The number of H-pyrrole nitrogens is 1. The summed E-state index contributed by atoms with van der Waals surface area (Å²) in [5.41, 5.74) is -0.0926. The van der Waals surface area contributed by atoms with Crippen molar-refractivity contribution in [1.82, 2.24) is 24.2 Å². The van der Waals surface area contributed by atoms with E-state index in [9.17, 15) is 22.0 Å². The maximum Gasteiger partial charge on any atom is 0.301 e. The summed E-state index contributed by atoms with van der Waals surface area (Å²) in [6, 6.07) is 3.29. The molecule has 1 saturated heterocycles. The Kier molecular flexibility index (Phi) is 6.42. The third-order valence-electron chi connectivity index (χ3n) is 6.12. The highest BCUT2D eigenvalue weighted by Crippen LogP contribution is 2.30. The molecule has 5 rings (SSSR count). The molecule has 1 aromatic carbocycles. The van der Waals surface area contributed by atoms with E-state index in [1.165, 1.54) is 6.20 Å². The predicted molar refractivity (Wildman–Crippen MR) is 130 cm³/mol. The minimum absolute atomic E-state index is 0.0159. The van der Waals surface area contributed by atoms with E-state index in [4.69, 9.17) is 0 Å². The van der Waals surface area contributed by atoms with Crippen LogP contribution in [0.3, 0.4) is 0 Å². The number of rotatable bonds is 7. The van der Waals surface area contributed by atoms with Crippen LogP contribution in [0.15, 0.2) is 43.0 Å². The van der Waals surface area contributed by atoms with Gasteiger partial charge in [0, 0.05) is 66.4 Å². The number of carbonyl (C=O) groups is 1. The molecular formula is C24H21F3N6O3S. The molecule has 1 atom stereocenters. The Morgan fingerprint density at radius 2 is 1.89 bits per heavy atom. The van der Waals surface area contributed by atoms with Gasteiger partial charge in [-0.15, -0.1) is 0 Å². The van der Waals surface area contributed by atoms with Crippen LogP contribution in [0.25, 0.3) is 22.2 Å². The van der Waals surface area contributed by atoms with Gasteiger partial charge in [0.1, 0.15) is 23.5 Å². The topological polar surface area (TPSA) is 121 Å². The SMILES string of the molecule is CCc1ncc(-c2cnc3[nH]cc(C(=O)c4c(F)ccc(NS(=O)(=O)N5CC[C@H](F)C5)c4F)c3c2)cn1. The van der Waals surface area contributed by atoms with Crippen molar-refractivity contribution in [1.29, 1.82) is 0 Å².